The van der Waals surface area contributed by atoms with E-state index in [0.717, 1.165) is 18.7 Å². The summed E-state index contributed by atoms with van der Waals surface area (Å²) in [5.41, 5.74) is 0.152. The molecule has 0 bridgehead atoms. The Hall–Kier alpha value is -2.50. The van der Waals surface area contributed by atoms with Crippen molar-refractivity contribution in [2.75, 3.05) is 6.61 Å². The summed E-state index contributed by atoms with van der Waals surface area (Å²) >= 11 is 0. The third kappa shape index (κ3) is 2.96. The number of hydrogen-bond donors (Lipinski definition) is 0. The first-order chi connectivity index (χ1) is 11.3. The van der Waals surface area contributed by atoms with Gasteiger partial charge in [0.2, 0.25) is 0 Å². The number of aryl methyl sites for hydroxylation is 1. The van der Waals surface area contributed by atoms with Crippen LogP contribution in [-0.4, -0.2) is 27.9 Å². The molecule has 0 radical (unpaired) electrons. The monoisotopic (exact) mass is 328 g/mol. The second-order valence-corrected chi connectivity index (χ2v) is 7.07. The number of nitrogens with zero attached hydrogens (tertiary/aromatic N) is 2. The van der Waals surface area contributed by atoms with Gasteiger partial charge in [0.15, 0.2) is 12.4 Å². The number of Topliss-reactive ketones (excluding diaryl/α,β-unsaturated/α-hetero) is 1. The van der Waals surface area contributed by atoms with Gasteiger partial charge in [0.25, 0.3) is 5.56 Å². The summed E-state index contributed by atoms with van der Waals surface area (Å²) in [5.74, 6) is 0.0173. The van der Waals surface area contributed by atoms with Crippen molar-refractivity contribution in [1.29, 1.82) is 0 Å². The average molecular weight is 328 g/mol. The lowest BCUT2D eigenvalue weighted by molar-refractivity contribution is -0.129. The molecule has 2 aromatic rings. The van der Waals surface area contributed by atoms with Crippen molar-refractivity contribution in [3.63, 3.8) is 0 Å². The molecular weight excluding hydrogens is 308 g/mol. The Morgan fingerprint density at radius 2 is 2.04 bits per heavy atom. The third-order valence-corrected chi connectivity index (χ3v) is 4.22. The second-order valence-electron chi connectivity index (χ2n) is 7.07. The third-order valence-electron chi connectivity index (χ3n) is 4.22. The molecule has 1 aliphatic heterocycles. The van der Waals surface area contributed by atoms with Gasteiger partial charge in [-0.1, -0.05) is 20.8 Å². The molecule has 0 saturated carbocycles. The average Bonchev–Trinajstić information content (AvgIpc) is 2.99. The van der Waals surface area contributed by atoms with Crippen LogP contribution >= 0.6 is 0 Å². The van der Waals surface area contributed by atoms with Crippen LogP contribution in [0.3, 0.4) is 0 Å². The van der Waals surface area contributed by atoms with Gasteiger partial charge in [-0.2, -0.15) is 0 Å². The minimum Gasteiger partial charge on any atom is -0.454 e. The molecule has 0 N–H and O–H groups in total. The summed E-state index contributed by atoms with van der Waals surface area (Å²) in [6.45, 7) is 5.75. The van der Waals surface area contributed by atoms with Gasteiger partial charge in [0.1, 0.15) is 5.82 Å². The van der Waals surface area contributed by atoms with Crippen LogP contribution in [0.15, 0.2) is 23.0 Å². The Balaban J connectivity index is 1.86. The van der Waals surface area contributed by atoms with Crippen LogP contribution in [0.25, 0.3) is 10.9 Å². The highest BCUT2D eigenvalue weighted by atomic mass is 16.5. The van der Waals surface area contributed by atoms with E-state index in [4.69, 9.17) is 4.74 Å². The Morgan fingerprint density at radius 3 is 2.75 bits per heavy atom. The van der Waals surface area contributed by atoms with E-state index in [9.17, 15) is 14.4 Å². The molecule has 1 aromatic heterocycles. The molecule has 0 fully saturated rings. The SMILES string of the molecule is CC(C)(C)C(=O)COC(=O)c1ccc2c(=O)n3c(nc2c1)CCC3. The van der Waals surface area contributed by atoms with Crippen molar-refractivity contribution in [1.82, 2.24) is 9.55 Å². The molecule has 6 nitrogen and oxygen atoms in total. The van der Waals surface area contributed by atoms with E-state index in [2.05, 4.69) is 4.98 Å². The summed E-state index contributed by atoms with van der Waals surface area (Å²) in [6.07, 6.45) is 1.67. The number of hydrogen-bond acceptors (Lipinski definition) is 5. The summed E-state index contributed by atoms with van der Waals surface area (Å²) < 4.78 is 6.77. The number of carbonyl (C=O) groups excluding carboxylic acids is 2. The van der Waals surface area contributed by atoms with Crippen molar-refractivity contribution in [2.45, 2.75) is 40.2 Å². The van der Waals surface area contributed by atoms with E-state index in [-0.39, 0.29) is 17.9 Å². The first-order valence-electron chi connectivity index (χ1n) is 8.01. The van der Waals surface area contributed by atoms with Gasteiger partial charge in [-0.15, -0.1) is 0 Å². The predicted molar refractivity (Wildman–Crippen MR) is 89.1 cm³/mol. The van der Waals surface area contributed by atoms with Crippen LogP contribution in [0.5, 0.6) is 0 Å². The van der Waals surface area contributed by atoms with Crippen molar-refractivity contribution in [3.05, 3.63) is 39.9 Å². The van der Waals surface area contributed by atoms with Gasteiger partial charge in [-0.3, -0.25) is 14.2 Å². The Labute approximate surface area is 139 Å². The van der Waals surface area contributed by atoms with E-state index in [1.54, 1.807) is 37.5 Å². The molecule has 3 rings (SSSR count). The lowest BCUT2D eigenvalue weighted by atomic mass is 9.91. The second kappa shape index (κ2) is 5.85. The molecule has 0 unspecified atom stereocenters. The molecule has 1 aromatic carbocycles. The number of carbonyl (C=O) groups is 2. The van der Waals surface area contributed by atoms with Crippen LogP contribution in [0.4, 0.5) is 0 Å². The first kappa shape index (κ1) is 16.4. The Bertz CT molecular complexity index is 890. The number of aromatic nitrogens is 2. The van der Waals surface area contributed by atoms with Crippen LogP contribution in [-0.2, 0) is 22.5 Å². The van der Waals surface area contributed by atoms with Crippen molar-refractivity contribution < 1.29 is 14.3 Å². The van der Waals surface area contributed by atoms with Crippen LogP contribution in [0.1, 0.15) is 43.4 Å². The van der Waals surface area contributed by atoms with E-state index in [1.165, 1.54) is 6.07 Å². The van der Waals surface area contributed by atoms with Gasteiger partial charge in [-0.25, -0.2) is 9.78 Å². The maximum absolute atomic E-state index is 12.4. The highest BCUT2D eigenvalue weighted by Crippen LogP contribution is 2.18. The molecule has 0 saturated heterocycles. The minimum absolute atomic E-state index is 0.0738. The minimum atomic E-state index is -0.586. The van der Waals surface area contributed by atoms with Gasteiger partial charge in [0.05, 0.1) is 16.5 Å². The summed E-state index contributed by atoms with van der Waals surface area (Å²) in [4.78, 5) is 40.9. The number of esters is 1. The van der Waals surface area contributed by atoms with Gasteiger partial charge < -0.3 is 4.74 Å². The molecule has 0 amide bonds. The largest absolute Gasteiger partial charge is 0.454 e. The zero-order valence-corrected chi connectivity index (χ0v) is 14.1. The normalized spacial score (nSPS) is 13.8. The molecule has 6 heteroatoms. The highest BCUT2D eigenvalue weighted by molar-refractivity contribution is 5.95. The van der Waals surface area contributed by atoms with Crippen molar-refractivity contribution >= 4 is 22.7 Å². The molecular formula is C18H20N2O4. The smallest absolute Gasteiger partial charge is 0.338 e. The summed E-state index contributed by atoms with van der Waals surface area (Å²) in [7, 11) is 0. The molecule has 24 heavy (non-hydrogen) atoms. The molecule has 0 spiro atoms. The fourth-order valence-corrected chi connectivity index (χ4v) is 2.64. The fraction of sp³-hybridized carbons (Fsp3) is 0.444. The van der Waals surface area contributed by atoms with E-state index in [0.29, 0.717) is 23.0 Å². The maximum atomic E-state index is 12.4. The zero-order valence-electron chi connectivity index (χ0n) is 14.1. The quantitative estimate of drug-likeness (QED) is 0.806. The number of ether oxygens (including phenoxy) is 1. The molecule has 126 valence electrons. The summed E-state index contributed by atoms with van der Waals surface area (Å²) in [6, 6.07) is 4.69. The molecule has 0 atom stereocenters. The van der Waals surface area contributed by atoms with E-state index in [1.807, 2.05) is 0 Å². The van der Waals surface area contributed by atoms with Gasteiger partial charge in [-0.05, 0) is 24.6 Å². The topological polar surface area (TPSA) is 78.3 Å². The number of ketones is 1. The molecule has 0 aliphatic carbocycles. The lowest BCUT2D eigenvalue weighted by Gasteiger charge is -2.16. The van der Waals surface area contributed by atoms with Crippen molar-refractivity contribution in [3.8, 4) is 0 Å². The van der Waals surface area contributed by atoms with E-state index >= 15 is 0 Å². The predicted octanol–water partition coefficient (Wildman–Crippen LogP) is 2.11. The molecule has 2 heterocycles. The highest BCUT2D eigenvalue weighted by Gasteiger charge is 2.23. The maximum Gasteiger partial charge on any atom is 0.338 e. The fourth-order valence-electron chi connectivity index (χ4n) is 2.64. The van der Waals surface area contributed by atoms with Crippen molar-refractivity contribution in [2.24, 2.45) is 5.41 Å². The van der Waals surface area contributed by atoms with Crippen LogP contribution < -0.4 is 5.56 Å². The summed E-state index contributed by atoms with van der Waals surface area (Å²) in [5, 5.41) is 0.489. The zero-order chi connectivity index (χ0) is 17.5. The van der Waals surface area contributed by atoms with Gasteiger partial charge in [0, 0.05) is 18.4 Å². The molecule has 1 aliphatic rings. The van der Waals surface area contributed by atoms with Crippen LogP contribution in [0, 0.1) is 5.41 Å². The number of fused-ring (bicyclic) bond motifs is 2. The first-order valence-corrected chi connectivity index (χ1v) is 8.01. The Morgan fingerprint density at radius 1 is 1.29 bits per heavy atom. The lowest BCUT2D eigenvalue weighted by Crippen LogP contribution is -2.26. The standard InChI is InChI=1S/C18H20N2O4/c1-18(2,3)14(21)10-24-17(23)11-6-7-12-13(9-11)19-15-5-4-8-20(15)16(12)22/h6-7,9H,4-5,8,10H2,1-3H3. The van der Waals surface area contributed by atoms with E-state index < -0.39 is 11.4 Å². The Kier molecular flexibility index (Phi) is 3.99. The number of benzene rings is 1. The van der Waals surface area contributed by atoms with Gasteiger partial charge >= 0.3 is 5.97 Å². The van der Waals surface area contributed by atoms with Crippen LogP contribution in [0.2, 0.25) is 0 Å². The number of rotatable bonds is 3.